The van der Waals surface area contributed by atoms with Crippen LogP contribution in [0.1, 0.15) is 26.2 Å². The molecule has 2 N–H and O–H groups in total. The molecule has 192 valence electrons. The molecule has 0 saturated carbocycles. The number of nitrogens with zero attached hydrogens (tertiary/aromatic N) is 6. The number of pyridine rings is 1. The topological polar surface area (TPSA) is 110 Å². The zero-order valence-electron chi connectivity index (χ0n) is 20.9. The average molecular weight is 502 g/mol. The average Bonchev–Trinajstić information content (AvgIpc) is 3.20. The summed E-state index contributed by atoms with van der Waals surface area (Å²) in [5.41, 5.74) is 2.16. The van der Waals surface area contributed by atoms with Gasteiger partial charge in [0.15, 0.2) is 11.5 Å². The number of aromatic hydroxyl groups is 1. The van der Waals surface area contributed by atoms with Crippen molar-refractivity contribution >= 4 is 28.4 Å². The highest BCUT2D eigenvalue weighted by Crippen LogP contribution is 2.22. The number of unbranched alkanes of at least 4 members (excludes halogenated alkanes) is 2. The van der Waals surface area contributed by atoms with Gasteiger partial charge in [-0.1, -0.05) is 38.0 Å². The summed E-state index contributed by atoms with van der Waals surface area (Å²) in [5, 5.41) is 13.6. The minimum Gasteiger partial charge on any atom is -0.493 e. The van der Waals surface area contributed by atoms with E-state index in [4.69, 9.17) is 4.74 Å². The fourth-order valence-electron chi connectivity index (χ4n) is 4.34. The van der Waals surface area contributed by atoms with Crippen LogP contribution in [0.3, 0.4) is 0 Å². The maximum Gasteiger partial charge on any atom is 0.278 e. The molecule has 1 saturated heterocycles. The highest BCUT2D eigenvalue weighted by Gasteiger charge is 2.18. The highest BCUT2D eigenvalue weighted by molar-refractivity contribution is 5.77. The van der Waals surface area contributed by atoms with Crippen molar-refractivity contribution < 1.29 is 9.84 Å². The summed E-state index contributed by atoms with van der Waals surface area (Å²) in [4.78, 5) is 28.9. The van der Waals surface area contributed by atoms with Gasteiger partial charge in [0.2, 0.25) is 11.8 Å². The number of anilines is 3. The molecule has 37 heavy (non-hydrogen) atoms. The molecule has 4 aromatic rings. The number of ether oxygens (including phenoxy) is 1. The normalized spacial score (nSPS) is 14.0. The largest absolute Gasteiger partial charge is 0.493 e. The van der Waals surface area contributed by atoms with Crippen LogP contribution >= 0.6 is 0 Å². The van der Waals surface area contributed by atoms with E-state index in [1.807, 2.05) is 18.2 Å². The van der Waals surface area contributed by atoms with Crippen molar-refractivity contribution in [1.82, 2.24) is 24.3 Å². The van der Waals surface area contributed by atoms with Crippen molar-refractivity contribution in [1.29, 1.82) is 0 Å². The molecule has 0 atom stereocenters. The quantitative estimate of drug-likeness (QED) is 0.262. The Bertz CT molecular complexity index is 1440. The highest BCUT2D eigenvalue weighted by atomic mass is 16.5. The van der Waals surface area contributed by atoms with Crippen molar-refractivity contribution in [3.8, 4) is 11.7 Å². The van der Waals surface area contributed by atoms with Crippen LogP contribution in [0.5, 0.6) is 5.88 Å². The van der Waals surface area contributed by atoms with Gasteiger partial charge in [-0.15, -0.1) is 0 Å². The number of benzene rings is 1. The second kappa shape index (κ2) is 11.3. The van der Waals surface area contributed by atoms with E-state index < -0.39 is 0 Å². The number of fused-ring (bicyclic) bond motifs is 1. The van der Waals surface area contributed by atoms with Gasteiger partial charge in [0, 0.05) is 36.7 Å². The fraction of sp³-hybridized carbons (Fsp3) is 0.333. The van der Waals surface area contributed by atoms with Gasteiger partial charge in [-0.3, -0.25) is 4.79 Å². The molecule has 10 nitrogen and oxygen atoms in total. The Labute approximate surface area is 214 Å². The maximum atomic E-state index is 13.3. The zero-order valence-corrected chi connectivity index (χ0v) is 20.9. The van der Waals surface area contributed by atoms with Crippen LogP contribution in [0, 0.1) is 0 Å². The summed E-state index contributed by atoms with van der Waals surface area (Å²) in [5.74, 6) is 0.620. The second-order valence-corrected chi connectivity index (χ2v) is 8.87. The van der Waals surface area contributed by atoms with Gasteiger partial charge in [0.25, 0.3) is 5.56 Å². The lowest BCUT2D eigenvalue weighted by Crippen LogP contribution is -2.36. The molecule has 4 heterocycles. The molecule has 1 aromatic carbocycles. The first-order valence-electron chi connectivity index (χ1n) is 12.6. The molecule has 1 fully saturated rings. The predicted octanol–water partition coefficient (Wildman–Crippen LogP) is 4.01. The summed E-state index contributed by atoms with van der Waals surface area (Å²) < 4.78 is 8.63. The Balaban J connectivity index is 1.47. The van der Waals surface area contributed by atoms with Gasteiger partial charge in [-0.2, -0.15) is 9.97 Å². The number of hydrogen-bond acceptors (Lipinski definition) is 8. The van der Waals surface area contributed by atoms with Gasteiger partial charge in [0.1, 0.15) is 5.39 Å². The zero-order chi connectivity index (χ0) is 25.6. The molecule has 1 aliphatic heterocycles. The van der Waals surface area contributed by atoms with Crippen LogP contribution in [0.15, 0.2) is 65.6 Å². The number of rotatable bonds is 9. The Morgan fingerprint density at radius 1 is 1.08 bits per heavy atom. The van der Waals surface area contributed by atoms with Crippen LogP contribution in [0.2, 0.25) is 0 Å². The summed E-state index contributed by atoms with van der Waals surface area (Å²) in [6, 6.07) is 13.0. The van der Waals surface area contributed by atoms with E-state index in [0.29, 0.717) is 29.3 Å². The maximum absolute atomic E-state index is 13.3. The molecule has 0 radical (unpaired) electrons. The van der Waals surface area contributed by atoms with E-state index >= 15 is 0 Å². The van der Waals surface area contributed by atoms with Crippen molar-refractivity contribution in [2.45, 2.75) is 32.7 Å². The molecule has 0 bridgehead atoms. The van der Waals surface area contributed by atoms with Crippen molar-refractivity contribution in [3.05, 3.63) is 71.2 Å². The standard InChI is InChI=1S/C27H31N7O3/c1-2-3-4-5-6-14-33-26(36)22-19-28-27(31-25(22)34(33)23-8-7-9-24(35)30-23)29-20-10-12-21(13-11-20)32-15-17-37-18-16-32/h5-13,19H,2-4,14-18H2,1H3,(H,30,35)(H,28,29,31)/b6-5-. The fourth-order valence-corrected chi connectivity index (χ4v) is 4.34. The molecule has 0 spiro atoms. The molecule has 5 rings (SSSR count). The molecular formula is C27H31N7O3. The molecule has 0 aliphatic carbocycles. The van der Waals surface area contributed by atoms with Crippen molar-refractivity contribution in [3.63, 3.8) is 0 Å². The molecule has 0 amide bonds. The van der Waals surface area contributed by atoms with Gasteiger partial charge in [-0.25, -0.2) is 14.3 Å². The molecule has 10 heteroatoms. The third-order valence-corrected chi connectivity index (χ3v) is 6.28. The Morgan fingerprint density at radius 2 is 1.89 bits per heavy atom. The number of allylic oxidation sites excluding steroid dienone is 2. The minimum absolute atomic E-state index is 0.135. The van der Waals surface area contributed by atoms with Gasteiger partial charge in [-0.05, 0) is 36.8 Å². The number of morpholine rings is 1. The number of aromatic nitrogens is 5. The van der Waals surface area contributed by atoms with Crippen LogP contribution in [0.25, 0.3) is 16.9 Å². The van der Waals surface area contributed by atoms with Gasteiger partial charge < -0.3 is 20.1 Å². The first-order valence-corrected chi connectivity index (χ1v) is 12.6. The summed E-state index contributed by atoms with van der Waals surface area (Å²) >= 11 is 0. The summed E-state index contributed by atoms with van der Waals surface area (Å²) in [6.45, 7) is 5.71. The van der Waals surface area contributed by atoms with E-state index in [0.717, 1.165) is 56.9 Å². The Hall–Kier alpha value is -4.18. The summed E-state index contributed by atoms with van der Waals surface area (Å²) in [6.07, 6.45) is 8.74. The van der Waals surface area contributed by atoms with E-state index in [1.165, 1.54) is 12.3 Å². The van der Waals surface area contributed by atoms with E-state index in [-0.39, 0.29) is 11.4 Å². The minimum atomic E-state index is -0.221. The lowest BCUT2D eigenvalue weighted by Gasteiger charge is -2.28. The Kier molecular flexibility index (Phi) is 7.46. The lowest BCUT2D eigenvalue weighted by molar-refractivity contribution is 0.122. The molecular weight excluding hydrogens is 470 g/mol. The second-order valence-electron chi connectivity index (χ2n) is 8.87. The van der Waals surface area contributed by atoms with E-state index in [9.17, 15) is 9.90 Å². The van der Waals surface area contributed by atoms with Gasteiger partial charge >= 0.3 is 0 Å². The molecule has 0 unspecified atom stereocenters. The SMILES string of the molecule is CCCC/C=C\Cn1c(=O)c2cnc(Nc3ccc(N4CCOCC4)cc3)nc2n1-c1cccc(O)n1. The smallest absolute Gasteiger partial charge is 0.278 e. The van der Waals surface area contributed by atoms with Crippen LogP contribution < -0.4 is 15.8 Å². The summed E-state index contributed by atoms with van der Waals surface area (Å²) in [7, 11) is 0. The first-order chi connectivity index (χ1) is 18.1. The third-order valence-electron chi connectivity index (χ3n) is 6.28. The van der Waals surface area contributed by atoms with Crippen molar-refractivity contribution in [2.75, 3.05) is 36.5 Å². The monoisotopic (exact) mass is 501 g/mol. The molecule has 1 aliphatic rings. The van der Waals surface area contributed by atoms with E-state index in [2.05, 4.69) is 50.3 Å². The van der Waals surface area contributed by atoms with Gasteiger partial charge in [0.05, 0.1) is 19.8 Å². The van der Waals surface area contributed by atoms with Crippen LogP contribution in [0.4, 0.5) is 17.3 Å². The number of nitrogens with one attached hydrogen (secondary N) is 1. The lowest BCUT2D eigenvalue weighted by atomic mass is 10.2. The number of hydrogen-bond donors (Lipinski definition) is 2. The van der Waals surface area contributed by atoms with Crippen molar-refractivity contribution in [2.24, 2.45) is 0 Å². The van der Waals surface area contributed by atoms with Crippen LogP contribution in [-0.4, -0.2) is 55.7 Å². The predicted molar refractivity (Wildman–Crippen MR) is 144 cm³/mol. The third kappa shape index (κ3) is 5.49. The van der Waals surface area contributed by atoms with E-state index in [1.54, 1.807) is 21.5 Å². The first kappa shape index (κ1) is 24.5. The Morgan fingerprint density at radius 3 is 2.65 bits per heavy atom. The molecule has 3 aromatic heterocycles. The van der Waals surface area contributed by atoms with Crippen LogP contribution in [-0.2, 0) is 11.3 Å².